The Morgan fingerprint density at radius 2 is 2.15 bits per heavy atom. The van der Waals surface area contributed by atoms with Gasteiger partial charge in [0.05, 0.1) is 18.1 Å². The van der Waals surface area contributed by atoms with Gasteiger partial charge in [0, 0.05) is 11.6 Å². The van der Waals surface area contributed by atoms with E-state index in [9.17, 15) is 9.90 Å². The van der Waals surface area contributed by atoms with Crippen molar-refractivity contribution in [3.05, 3.63) is 47.5 Å². The maximum absolute atomic E-state index is 12.5. The van der Waals surface area contributed by atoms with E-state index in [1.165, 1.54) is 13.4 Å². The number of aliphatic hydroxyl groups is 1. The smallest absolute Gasteiger partial charge is 0.314 e. The van der Waals surface area contributed by atoms with Crippen molar-refractivity contribution in [3.63, 3.8) is 0 Å². The lowest BCUT2D eigenvalue weighted by atomic mass is 9.69. The quantitative estimate of drug-likeness (QED) is 0.783. The summed E-state index contributed by atoms with van der Waals surface area (Å²) in [6.45, 7) is 2.29. The van der Waals surface area contributed by atoms with Crippen LogP contribution in [-0.2, 0) is 22.5 Å². The zero-order chi connectivity index (χ0) is 18.8. The van der Waals surface area contributed by atoms with E-state index in [1.807, 2.05) is 31.2 Å². The Bertz CT molecular complexity index is 750. The Hall–Kier alpha value is -1.92. The fourth-order valence-electron chi connectivity index (χ4n) is 4.16. The van der Waals surface area contributed by atoms with Gasteiger partial charge in [-0.1, -0.05) is 23.7 Å². The third-order valence-corrected chi connectivity index (χ3v) is 6.10. The number of hydrogen-bond acceptors (Lipinski definition) is 5. The van der Waals surface area contributed by atoms with E-state index < -0.39 is 11.0 Å². The van der Waals surface area contributed by atoms with Crippen LogP contribution in [0.25, 0.3) is 0 Å². The van der Waals surface area contributed by atoms with Crippen molar-refractivity contribution in [2.75, 3.05) is 7.11 Å². The maximum Gasteiger partial charge on any atom is 0.314 e. The van der Waals surface area contributed by atoms with Crippen LogP contribution in [0.1, 0.15) is 31.7 Å². The van der Waals surface area contributed by atoms with Gasteiger partial charge in [0.15, 0.2) is 0 Å². The molecule has 1 aromatic carbocycles. The minimum Gasteiger partial charge on any atom is -0.469 e. The summed E-state index contributed by atoms with van der Waals surface area (Å²) in [7, 11) is 1.37. The Kier molecular flexibility index (Phi) is 5.34. The van der Waals surface area contributed by atoms with Crippen LogP contribution in [-0.4, -0.2) is 38.6 Å². The van der Waals surface area contributed by atoms with Gasteiger partial charge in [0.25, 0.3) is 0 Å². The van der Waals surface area contributed by atoms with Crippen molar-refractivity contribution in [3.8, 4) is 0 Å². The van der Waals surface area contributed by atoms with Gasteiger partial charge in [-0.15, -0.1) is 0 Å². The normalized spacial score (nSPS) is 28.2. The molecule has 2 aromatic rings. The fraction of sp³-hybridized carbons (Fsp3) is 0.526. The Morgan fingerprint density at radius 1 is 1.42 bits per heavy atom. The molecule has 1 aromatic heterocycles. The van der Waals surface area contributed by atoms with Crippen molar-refractivity contribution in [2.24, 2.45) is 11.3 Å². The molecule has 3 rings (SSSR count). The molecule has 1 fully saturated rings. The molecular formula is C19H24ClN3O3. The molecule has 140 valence electrons. The van der Waals surface area contributed by atoms with Crippen molar-refractivity contribution in [1.29, 1.82) is 0 Å². The average Bonchev–Trinajstić information content (AvgIpc) is 3.24. The van der Waals surface area contributed by atoms with E-state index in [1.54, 1.807) is 11.0 Å². The van der Waals surface area contributed by atoms with Crippen LogP contribution in [0.4, 0.5) is 0 Å². The Balaban J connectivity index is 1.86. The first-order chi connectivity index (χ1) is 12.4. The summed E-state index contributed by atoms with van der Waals surface area (Å²) in [5.41, 5.74) is -1.04. The summed E-state index contributed by atoms with van der Waals surface area (Å²) < 4.78 is 6.71. The first-order valence-corrected chi connectivity index (χ1v) is 9.14. The van der Waals surface area contributed by atoms with E-state index >= 15 is 0 Å². The third kappa shape index (κ3) is 3.35. The zero-order valence-electron chi connectivity index (χ0n) is 15.1. The summed E-state index contributed by atoms with van der Waals surface area (Å²) in [6.07, 6.45) is 5.50. The topological polar surface area (TPSA) is 77.2 Å². The van der Waals surface area contributed by atoms with Gasteiger partial charge >= 0.3 is 5.97 Å². The number of aromatic nitrogens is 3. The average molecular weight is 378 g/mol. The molecule has 3 atom stereocenters. The number of rotatable bonds is 6. The Morgan fingerprint density at radius 3 is 2.77 bits per heavy atom. The number of carbonyl (C=O) groups is 1. The molecule has 1 aliphatic rings. The highest BCUT2D eigenvalue weighted by Crippen LogP contribution is 2.53. The summed E-state index contributed by atoms with van der Waals surface area (Å²) in [4.78, 5) is 16.5. The van der Waals surface area contributed by atoms with Gasteiger partial charge in [-0.2, -0.15) is 5.10 Å². The van der Waals surface area contributed by atoms with Gasteiger partial charge in [0.2, 0.25) is 0 Å². The minimum atomic E-state index is -1.19. The SMILES string of the molecule is COC(=O)C1(C)CCC(Cc2ccc(Cl)cc2)C1(O)CCn1cncn1. The van der Waals surface area contributed by atoms with Crippen molar-refractivity contribution < 1.29 is 14.6 Å². The first kappa shape index (κ1) is 18.9. The first-order valence-electron chi connectivity index (χ1n) is 8.77. The number of carbonyl (C=O) groups excluding carboxylic acids is 1. The molecule has 7 heteroatoms. The van der Waals surface area contributed by atoms with E-state index in [-0.39, 0.29) is 11.9 Å². The van der Waals surface area contributed by atoms with Gasteiger partial charge < -0.3 is 9.84 Å². The molecule has 26 heavy (non-hydrogen) atoms. The lowest BCUT2D eigenvalue weighted by molar-refractivity contribution is -0.172. The summed E-state index contributed by atoms with van der Waals surface area (Å²) in [5.74, 6) is -0.423. The number of halogens is 1. The highest BCUT2D eigenvalue weighted by Gasteiger charge is 2.60. The number of hydrogen-bond donors (Lipinski definition) is 1. The standard InChI is InChI=1S/C19H24ClN3O3/c1-18(17(24)26-2)8-7-15(11-14-3-5-16(20)6-4-14)19(18,25)9-10-23-13-21-12-22-23/h3-6,12-13,15,25H,7-11H2,1-2H3. The van der Waals surface area contributed by atoms with Crippen molar-refractivity contribution >= 4 is 17.6 Å². The molecule has 0 radical (unpaired) electrons. The fourth-order valence-corrected chi connectivity index (χ4v) is 4.29. The van der Waals surface area contributed by atoms with Crippen molar-refractivity contribution in [2.45, 2.75) is 44.8 Å². The minimum absolute atomic E-state index is 0.0590. The number of nitrogens with zero attached hydrogens (tertiary/aromatic N) is 3. The highest BCUT2D eigenvalue weighted by molar-refractivity contribution is 6.30. The van der Waals surface area contributed by atoms with Crippen LogP contribution in [0, 0.1) is 11.3 Å². The van der Waals surface area contributed by atoms with Crippen molar-refractivity contribution in [1.82, 2.24) is 14.8 Å². The van der Waals surface area contributed by atoms with Gasteiger partial charge in [0.1, 0.15) is 12.7 Å². The lowest BCUT2D eigenvalue weighted by Crippen LogP contribution is -2.52. The number of methoxy groups -OCH3 is 1. The largest absolute Gasteiger partial charge is 0.469 e. The van der Waals surface area contributed by atoms with Gasteiger partial charge in [-0.05, 0) is 56.2 Å². The molecule has 0 saturated heterocycles. The van der Waals surface area contributed by atoms with Gasteiger partial charge in [-0.3, -0.25) is 9.48 Å². The monoisotopic (exact) mass is 377 g/mol. The van der Waals surface area contributed by atoms with Crippen LogP contribution in [0.15, 0.2) is 36.9 Å². The molecule has 1 heterocycles. The van der Waals surface area contributed by atoms with Crippen LogP contribution >= 0.6 is 11.6 Å². The van der Waals surface area contributed by atoms with E-state index in [4.69, 9.17) is 16.3 Å². The number of aryl methyl sites for hydroxylation is 1. The molecule has 0 amide bonds. The van der Waals surface area contributed by atoms with Crippen LogP contribution in [0.5, 0.6) is 0 Å². The second-order valence-corrected chi connectivity index (χ2v) is 7.66. The number of esters is 1. The lowest BCUT2D eigenvalue weighted by Gasteiger charge is -2.41. The summed E-state index contributed by atoms with van der Waals surface area (Å²) in [6, 6.07) is 7.63. The molecule has 1 saturated carbocycles. The molecule has 1 N–H and O–H groups in total. The molecular weight excluding hydrogens is 354 g/mol. The van der Waals surface area contributed by atoms with Gasteiger partial charge in [-0.25, -0.2) is 4.98 Å². The molecule has 0 spiro atoms. The second-order valence-electron chi connectivity index (χ2n) is 7.22. The summed E-state index contributed by atoms with van der Waals surface area (Å²) >= 11 is 5.97. The highest BCUT2D eigenvalue weighted by atomic mass is 35.5. The molecule has 6 nitrogen and oxygen atoms in total. The van der Waals surface area contributed by atoms with E-state index in [0.29, 0.717) is 30.8 Å². The van der Waals surface area contributed by atoms with Crippen LogP contribution in [0.3, 0.4) is 0 Å². The van der Waals surface area contributed by atoms with E-state index in [2.05, 4.69) is 10.1 Å². The predicted octanol–water partition coefficient (Wildman–Crippen LogP) is 2.88. The second kappa shape index (κ2) is 7.37. The zero-order valence-corrected chi connectivity index (χ0v) is 15.8. The number of benzene rings is 1. The number of ether oxygens (including phenoxy) is 1. The van der Waals surface area contributed by atoms with E-state index in [0.717, 1.165) is 12.0 Å². The predicted molar refractivity (Wildman–Crippen MR) is 97.6 cm³/mol. The molecule has 1 aliphatic carbocycles. The molecule has 0 bridgehead atoms. The van der Waals surface area contributed by atoms with Crippen LogP contribution < -0.4 is 0 Å². The molecule has 0 aliphatic heterocycles. The van der Waals surface area contributed by atoms with Crippen LogP contribution in [0.2, 0.25) is 5.02 Å². The third-order valence-electron chi connectivity index (χ3n) is 5.84. The molecule has 3 unspecified atom stereocenters. The summed E-state index contributed by atoms with van der Waals surface area (Å²) in [5, 5.41) is 16.5. The Labute approximate surface area is 158 Å². The maximum atomic E-state index is 12.5.